The van der Waals surface area contributed by atoms with Crippen LogP contribution in [-0.4, -0.2) is 48.0 Å². The van der Waals surface area contributed by atoms with Crippen molar-refractivity contribution in [2.75, 3.05) is 11.9 Å². The highest BCUT2D eigenvalue weighted by Crippen LogP contribution is 2.37. The van der Waals surface area contributed by atoms with Crippen LogP contribution in [0.2, 0.25) is 0 Å². The number of carboxylic acids is 1. The minimum atomic E-state index is -2.93. The van der Waals surface area contributed by atoms with E-state index >= 15 is 0 Å². The number of H-pyrrole nitrogens is 1. The zero-order chi connectivity index (χ0) is 25.4. The maximum atomic E-state index is 12.8. The van der Waals surface area contributed by atoms with Crippen molar-refractivity contribution in [2.45, 2.75) is 54.9 Å². The molecule has 35 heavy (non-hydrogen) atoms. The summed E-state index contributed by atoms with van der Waals surface area (Å²) in [6.07, 6.45) is 1.09. The average Bonchev–Trinajstić information content (AvgIpc) is 3.20. The van der Waals surface area contributed by atoms with Gasteiger partial charge in [0.1, 0.15) is 5.39 Å². The van der Waals surface area contributed by atoms with Crippen LogP contribution in [0.25, 0.3) is 10.9 Å². The number of nitrogens with one attached hydrogen (secondary N) is 3. The van der Waals surface area contributed by atoms with Crippen LogP contribution in [0.15, 0.2) is 46.2 Å². The van der Waals surface area contributed by atoms with Crippen LogP contribution in [0.4, 0.5) is 11.5 Å². The largest absolute Gasteiger partial charge is 0.479 e. The first-order valence-corrected chi connectivity index (χ1v) is 12.7. The van der Waals surface area contributed by atoms with E-state index in [2.05, 4.69) is 21.5 Å². The molecule has 0 aliphatic carbocycles. The smallest absolute Gasteiger partial charge is 0.332 e. The first-order chi connectivity index (χ1) is 16.6. The first kappa shape index (κ1) is 24.4. The number of pyridine rings is 1. The van der Waals surface area contributed by atoms with E-state index in [1.807, 2.05) is 0 Å². The molecule has 0 amide bonds. The molecule has 2 aromatic heterocycles. The lowest BCUT2D eigenvalue weighted by molar-refractivity contribution is -0.158. The summed E-state index contributed by atoms with van der Waals surface area (Å²) in [7, 11) is -2.93. The minimum absolute atomic E-state index is 0.0180. The summed E-state index contributed by atoms with van der Waals surface area (Å²) in [5.41, 5.74) is -0.267. The van der Waals surface area contributed by atoms with Crippen LogP contribution in [0.1, 0.15) is 33.1 Å². The van der Waals surface area contributed by atoms with Crippen LogP contribution in [0, 0.1) is 16.1 Å². The van der Waals surface area contributed by atoms with E-state index in [4.69, 9.17) is 9.52 Å². The fraction of sp³-hybridized carbons (Fsp3) is 0.391. The monoisotopic (exact) mass is 498 g/mol. The van der Waals surface area contributed by atoms with Gasteiger partial charge in [-0.25, -0.2) is 13.8 Å². The highest BCUT2D eigenvalue weighted by molar-refractivity contribution is 7.93. The van der Waals surface area contributed by atoms with Gasteiger partial charge < -0.3 is 20.1 Å². The third kappa shape index (κ3) is 4.40. The Labute approximate surface area is 201 Å². The van der Waals surface area contributed by atoms with E-state index in [1.54, 1.807) is 48.9 Å². The van der Waals surface area contributed by atoms with Gasteiger partial charge >= 0.3 is 5.97 Å². The Morgan fingerprint density at radius 2 is 2.14 bits per heavy atom. The molecule has 12 heteroatoms. The van der Waals surface area contributed by atoms with Gasteiger partial charge in [0, 0.05) is 22.0 Å². The lowest BCUT2D eigenvalue weighted by Crippen LogP contribution is -2.46. The second-order valence-corrected chi connectivity index (χ2v) is 11.5. The molecular weight excluding hydrogens is 472 g/mol. The van der Waals surface area contributed by atoms with Crippen molar-refractivity contribution < 1.29 is 18.8 Å². The minimum Gasteiger partial charge on any atom is -0.479 e. The molecule has 0 bridgehead atoms. The quantitative estimate of drug-likeness (QED) is 0.384. The molecule has 11 nitrogen and oxygen atoms in total. The summed E-state index contributed by atoms with van der Waals surface area (Å²) in [5, 5.41) is 26.5. The summed E-state index contributed by atoms with van der Waals surface area (Å²) in [4.78, 5) is 27.2. The highest BCUT2D eigenvalue weighted by Gasteiger charge is 2.42. The summed E-state index contributed by atoms with van der Waals surface area (Å²) in [6, 6.07) is 10.4. The van der Waals surface area contributed by atoms with Gasteiger partial charge in [-0.15, -0.1) is 0 Å². The topological polar surface area (TPSA) is 174 Å². The summed E-state index contributed by atoms with van der Waals surface area (Å²) >= 11 is 0. The van der Waals surface area contributed by atoms with E-state index in [0.29, 0.717) is 22.5 Å². The van der Waals surface area contributed by atoms with Crippen molar-refractivity contribution in [3.8, 4) is 6.07 Å². The molecule has 3 aromatic rings. The molecule has 3 unspecified atom stereocenters. The van der Waals surface area contributed by atoms with E-state index in [9.17, 15) is 24.2 Å². The maximum Gasteiger partial charge on any atom is 0.332 e. The van der Waals surface area contributed by atoms with Crippen LogP contribution in [-0.2, 0) is 24.8 Å². The Hall–Kier alpha value is -3.69. The van der Waals surface area contributed by atoms with E-state index in [1.165, 1.54) is 6.20 Å². The van der Waals surface area contributed by atoms with Crippen molar-refractivity contribution in [1.29, 1.82) is 10.0 Å². The fourth-order valence-electron chi connectivity index (χ4n) is 4.21. The molecular formula is C23H26N6O5S. The van der Waals surface area contributed by atoms with Gasteiger partial charge in [-0.05, 0) is 57.0 Å². The van der Waals surface area contributed by atoms with Gasteiger partial charge in [0.05, 0.1) is 39.9 Å². The molecule has 0 spiro atoms. The summed E-state index contributed by atoms with van der Waals surface area (Å²) in [5.74, 6) is -0.806. The lowest BCUT2D eigenvalue weighted by Gasteiger charge is -2.38. The van der Waals surface area contributed by atoms with Crippen LogP contribution in [0.3, 0.4) is 0 Å². The Bertz CT molecular complexity index is 1460. The van der Waals surface area contributed by atoms with Gasteiger partial charge in [-0.1, -0.05) is 0 Å². The molecule has 1 fully saturated rings. The van der Waals surface area contributed by atoms with E-state index in [-0.39, 0.29) is 41.5 Å². The Morgan fingerprint density at radius 3 is 2.71 bits per heavy atom. The predicted octanol–water partition coefficient (Wildman–Crippen LogP) is 3.15. The number of ether oxygens (including phenoxy) is 1. The number of hydrogen-bond donors (Lipinski definition) is 4. The second-order valence-electron chi connectivity index (χ2n) is 8.86. The molecule has 3 heterocycles. The second kappa shape index (κ2) is 9.16. The molecule has 1 aromatic carbocycles. The number of carbonyl (C=O) groups is 1. The number of anilines is 2. The Balaban J connectivity index is 1.75. The Morgan fingerprint density at radius 1 is 1.43 bits per heavy atom. The molecule has 0 radical (unpaired) electrons. The molecule has 0 saturated carbocycles. The fourth-order valence-corrected chi connectivity index (χ4v) is 5.29. The van der Waals surface area contributed by atoms with Crippen molar-refractivity contribution in [2.24, 2.45) is 0 Å². The highest BCUT2D eigenvalue weighted by atomic mass is 32.2. The van der Waals surface area contributed by atoms with Crippen molar-refractivity contribution in [3.63, 3.8) is 0 Å². The van der Waals surface area contributed by atoms with E-state index in [0.717, 1.165) is 0 Å². The third-order valence-electron chi connectivity index (χ3n) is 6.29. The molecule has 184 valence electrons. The number of rotatable bonds is 7. The number of aromatic nitrogens is 3. The summed E-state index contributed by atoms with van der Waals surface area (Å²) < 4.78 is 27.9. The summed E-state index contributed by atoms with van der Waals surface area (Å²) in [6.45, 7) is 3.43. The van der Waals surface area contributed by atoms with E-state index < -0.39 is 27.3 Å². The lowest BCUT2D eigenvalue weighted by atomic mass is 9.87. The number of nitriles is 1. The molecule has 3 atom stereocenters. The molecule has 1 aliphatic heterocycles. The van der Waals surface area contributed by atoms with Crippen molar-refractivity contribution >= 4 is 38.1 Å². The number of carboxylic acid groups (broad SMARTS) is 1. The Kier molecular flexibility index (Phi) is 6.40. The van der Waals surface area contributed by atoms with Gasteiger partial charge in [0.15, 0.2) is 11.9 Å². The van der Waals surface area contributed by atoms with Crippen LogP contribution in [0.5, 0.6) is 0 Å². The van der Waals surface area contributed by atoms with Gasteiger partial charge in [-0.2, -0.15) is 10.4 Å². The van der Waals surface area contributed by atoms with Gasteiger partial charge in [0.2, 0.25) is 0 Å². The molecule has 1 aliphatic rings. The number of benzene rings is 1. The number of hydrogen-bond acceptors (Lipinski definition) is 8. The standard InChI is InChI=1S/C23H26N6O5S/c1-14(2)35(25,33)16-5-3-15(4-6-16)27-20-19-17(8-12-26-21(19)30)29(28-20)23(10-11-24)9-7-18(22(31)32)34-13-23/h3-6,8,12,14,18,25H,7,9-10,13H2,1-2H3,(H,26,30)(H,27,28)(H,31,32). The first-order valence-electron chi connectivity index (χ1n) is 11.1. The number of aromatic amines is 1. The number of fused-ring (bicyclic) bond motifs is 1. The van der Waals surface area contributed by atoms with Gasteiger partial charge in [-0.3, -0.25) is 9.48 Å². The SMILES string of the molecule is CC(C)S(=N)(=O)c1ccc(Nc2nn(C3(CC#N)CCC(C(=O)O)OC3)c3cc[nH]c(=O)c23)cc1. The zero-order valence-corrected chi connectivity index (χ0v) is 20.1. The van der Waals surface area contributed by atoms with Gasteiger partial charge in [0.25, 0.3) is 5.56 Å². The van der Waals surface area contributed by atoms with Crippen LogP contribution >= 0.6 is 0 Å². The predicted molar refractivity (Wildman–Crippen MR) is 129 cm³/mol. The van der Waals surface area contributed by atoms with Crippen molar-refractivity contribution in [3.05, 3.63) is 46.9 Å². The molecule has 4 N–H and O–H groups in total. The maximum absolute atomic E-state index is 12.8. The molecule has 4 rings (SSSR count). The number of aliphatic carboxylic acids is 1. The zero-order valence-electron chi connectivity index (χ0n) is 19.3. The normalized spacial score (nSPS) is 21.9. The third-order valence-corrected chi connectivity index (χ3v) is 8.59. The molecule has 1 saturated heterocycles. The van der Waals surface area contributed by atoms with Crippen molar-refractivity contribution in [1.82, 2.24) is 14.8 Å². The van der Waals surface area contributed by atoms with Crippen LogP contribution < -0.4 is 10.9 Å². The number of nitrogens with zero attached hydrogens (tertiary/aromatic N) is 3. The average molecular weight is 499 g/mol.